The van der Waals surface area contributed by atoms with Gasteiger partial charge in [0, 0.05) is 18.2 Å². The fourth-order valence-corrected chi connectivity index (χ4v) is 4.58. The van der Waals surface area contributed by atoms with Crippen molar-refractivity contribution in [2.24, 2.45) is 5.41 Å². The fraction of sp³-hybridized carbons (Fsp3) is 0.625. The van der Waals surface area contributed by atoms with E-state index in [1.54, 1.807) is 0 Å². The number of rotatable bonds is 5. The molecule has 32 heavy (non-hydrogen) atoms. The van der Waals surface area contributed by atoms with Gasteiger partial charge in [-0.2, -0.15) is 5.10 Å². The van der Waals surface area contributed by atoms with Crippen LogP contribution >= 0.6 is 22.6 Å². The first-order valence-corrected chi connectivity index (χ1v) is 12.3. The molecule has 0 saturated heterocycles. The number of ether oxygens (including phenoxy) is 1. The zero-order valence-corrected chi connectivity index (χ0v) is 22.1. The summed E-state index contributed by atoms with van der Waals surface area (Å²) in [5, 5.41) is 18.0. The van der Waals surface area contributed by atoms with Crippen molar-refractivity contribution in [3.63, 3.8) is 0 Å². The van der Waals surface area contributed by atoms with Crippen LogP contribution in [-0.4, -0.2) is 37.5 Å². The molecule has 176 valence electrons. The van der Waals surface area contributed by atoms with Crippen LogP contribution in [0.4, 0.5) is 11.6 Å². The Hall–Kier alpha value is -1.68. The number of nitrogens with zero attached hydrogens (tertiary/aromatic N) is 3. The summed E-state index contributed by atoms with van der Waals surface area (Å²) in [6.07, 6.45) is 2.52. The summed E-state index contributed by atoms with van der Waals surface area (Å²) in [5.41, 5.74) is -0.568. The van der Waals surface area contributed by atoms with Gasteiger partial charge >= 0.3 is 5.97 Å². The van der Waals surface area contributed by atoms with Gasteiger partial charge < -0.3 is 15.2 Å². The smallest absolute Gasteiger partial charge is 0.312 e. The minimum atomic E-state index is -0.666. The van der Waals surface area contributed by atoms with E-state index < -0.39 is 11.0 Å². The Kier molecular flexibility index (Phi) is 7.24. The molecule has 0 aromatic carbocycles. The Bertz CT molecular complexity index is 951. The van der Waals surface area contributed by atoms with Crippen molar-refractivity contribution >= 4 is 40.2 Å². The van der Waals surface area contributed by atoms with Gasteiger partial charge in [-0.05, 0) is 102 Å². The third-order valence-electron chi connectivity index (χ3n) is 5.64. The highest BCUT2D eigenvalue weighted by Crippen LogP contribution is 2.41. The molecule has 1 fully saturated rings. The number of hydrogen-bond donors (Lipinski definition) is 2. The number of aliphatic hydroxyl groups excluding tert-OH is 1. The molecule has 0 amide bonds. The van der Waals surface area contributed by atoms with Gasteiger partial charge in [-0.25, -0.2) is 9.67 Å². The maximum Gasteiger partial charge on any atom is 0.312 e. The molecule has 2 aromatic rings. The molecule has 0 unspecified atom stereocenters. The summed E-state index contributed by atoms with van der Waals surface area (Å²) in [5.74, 6) is 1.38. The lowest BCUT2D eigenvalue weighted by molar-refractivity contribution is -0.171. The van der Waals surface area contributed by atoms with Crippen LogP contribution in [0.2, 0.25) is 0 Å². The topological polar surface area (TPSA) is 89.3 Å². The number of aliphatic hydroxyl groups is 1. The largest absolute Gasteiger partial charge is 0.460 e. The van der Waals surface area contributed by atoms with Crippen LogP contribution < -0.4 is 5.32 Å². The Morgan fingerprint density at radius 1 is 1.25 bits per heavy atom. The van der Waals surface area contributed by atoms with Crippen LogP contribution in [0.25, 0.3) is 0 Å². The second-order valence-corrected chi connectivity index (χ2v) is 11.9. The second-order valence-electron chi connectivity index (χ2n) is 10.8. The molecule has 1 aliphatic rings. The molecular formula is C24H35IN4O3. The number of nitrogens with one attached hydrogen (secondary N) is 1. The van der Waals surface area contributed by atoms with E-state index in [0.29, 0.717) is 37.9 Å². The molecular weight excluding hydrogens is 519 g/mol. The minimum absolute atomic E-state index is 0.174. The zero-order chi connectivity index (χ0) is 23.7. The van der Waals surface area contributed by atoms with Crippen molar-refractivity contribution < 1.29 is 14.6 Å². The predicted octanol–water partition coefficient (Wildman–Crippen LogP) is 5.19. The molecule has 0 bridgehead atoms. The van der Waals surface area contributed by atoms with Crippen molar-refractivity contribution in [3.8, 4) is 0 Å². The molecule has 2 aromatic heterocycles. The lowest BCUT2D eigenvalue weighted by atomic mass is 9.70. The summed E-state index contributed by atoms with van der Waals surface area (Å²) >= 11 is 2.21. The standard InChI is InChI=1S/C24H35IN4O3/c1-22(2,3)29-20(14-18(25)28-29)27-19-9-7-8-16(26-19)15-24(12-10-17(30)11-13-24)21(31)32-23(4,5)6/h7-9,14,17,30H,10-13,15H2,1-6H3,(H,26,27). The quantitative estimate of drug-likeness (QED) is 0.391. The maximum absolute atomic E-state index is 13.2. The van der Waals surface area contributed by atoms with Crippen LogP contribution in [-0.2, 0) is 21.5 Å². The molecule has 8 heteroatoms. The van der Waals surface area contributed by atoms with E-state index in [2.05, 4.69) is 53.8 Å². The van der Waals surface area contributed by atoms with Crippen LogP contribution in [0.1, 0.15) is 72.9 Å². The molecule has 7 nitrogen and oxygen atoms in total. The van der Waals surface area contributed by atoms with E-state index in [9.17, 15) is 9.90 Å². The lowest BCUT2D eigenvalue weighted by Gasteiger charge is -2.38. The van der Waals surface area contributed by atoms with Gasteiger partial charge in [0.1, 0.15) is 20.9 Å². The van der Waals surface area contributed by atoms with E-state index in [4.69, 9.17) is 9.72 Å². The maximum atomic E-state index is 13.2. The second kappa shape index (κ2) is 9.29. The molecule has 0 radical (unpaired) electrons. The summed E-state index contributed by atoms with van der Waals surface area (Å²) in [6, 6.07) is 7.81. The first-order chi connectivity index (χ1) is 14.8. The number of pyridine rings is 1. The van der Waals surface area contributed by atoms with Crippen molar-refractivity contribution in [1.29, 1.82) is 0 Å². The van der Waals surface area contributed by atoms with Gasteiger partial charge in [-0.15, -0.1) is 0 Å². The first-order valence-electron chi connectivity index (χ1n) is 11.2. The predicted molar refractivity (Wildman–Crippen MR) is 134 cm³/mol. The number of aromatic nitrogens is 3. The number of esters is 1. The number of carbonyl (C=O) groups excluding carboxylic acids is 1. The molecule has 0 aliphatic heterocycles. The van der Waals surface area contributed by atoms with Gasteiger partial charge in [0.05, 0.1) is 17.1 Å². The Morgan fingerprint density at radius 3 is 2.50 bits per heavy atom. The molecule has 1 saturated carbocycles. The Morgan fingerprint density at radius 2 is 1.91 bits per heavy atom. The van der Waals surface area contributed by atoms with E-state index in [1.807, 2.05) is 49.7 Å². The number of anilines is 2. The SMILES string of the molecule is CC(C)(C)OC(=O)C1(Cc2cccc(Nc3cc(I)nn3C(C)(C)C)n2)CCC(O)CC1. The van der Waals surface area contributed by atoms with Gasteiger partial charge in [0.25, 0.3) is 0 Å². The van der Waals surface area contributed by atoms with E-state index in [0.717, 1.165) is 15.2 Å². The third kappa shape index (κ3) is 6.21. The van der Waals surface area contributed by atoms with Gasteiger partial charge in [-0.1, -0.05) is 6.07 Å². The highest BCUT2D eigenvalue weighted by Gasteiger charge is 2.44. The van der Waals surface area contributed by atoms with Crippen LogP contribution in [0.15, 0.2) is 24.3 Å². The monoisotopic (exact) mass is 554 g/mol. The summed E-state index contributed by atoms with van der Waals surface area (Å²) in [7, 11) is 0. The normalized spacial score (nSPS) is 21.9. The molecule has 3 rings (SSSR count). The average Bonchev–Trinajstić information content (AvgIpc) is 3.03. The summed E-state index contributed by atoms with van der Waals surface area (Å²) < 4.78 is 8.65. The van der Waals surface area contributed by atoms with Crippen LogP contribution in [0, 0.1) is 9.12 Å². The highest BCUT2D eigenvalue weighted by atomic mass is 127. The number of halogens is 1. The average molecular weight is 554 g/mol. The van der Waals surface area contributed by atoms with E-state index >= 15 is 0 Å². The van der Waals surface area contributed by atoms with Crippen LogP contribution in [0.3, 0.4) is 0 Å². The van der Waals surface area contributed by atoms with Crippen molar-refractivity contribution in [2.45, 2.75) is 90.9 Å². The summed E-state index contributed by atoms with van der Waals surface area (Å²) in [6.45, 7) is 12.0. The Balaban J connectivity index is 1.85. The van der Waals surface area contributed by atoms with Crippen LogP contribution in [0.5, 0.6) is 0 Å². The highest BCUT2D eigenvalue weighted by molar-refractivity contribution is 14.1. The molecule has 0 spiro atoms. The molecule has 0 atom stereocenters. The van der Waals surface area contributed by atoms with Crippen molar-refractivity contribution in [1.82, 2.24) is 14.8 Å². The van der Waals surface area contributed by atoms with Gasteiger partial charge in [0.2, 0.25) is 0 Å². The minimum Gasteiger partial charge on any atom is -0.460 e. The van der Waals surface area contributed by atoms with Gasteiger partial charge in [0.15, 0.2) is 0 Å². The van der Waals surface area contributed by atoms with Crippen molar-refractivity contribution in [2.75, 3.05) is 5.32 Å². The summed E-state index contributed by atoms with van der Waals surface area (Å²) in [4.78, 5) is 18.0. The van der Waals surface area contributed by atoms with Crippen molar-refractivity contribution in [3.05, 3.63) is 33.7 Å². The van der Waals surface area contributed by atoms with Gasteiger partial charge in [-0.3, -0.25) is 4.79 Å². The first kappa shape index (κ1) is 25.0. The fourth-order valence-electron chi connectivity index (χ4n) is 4.07. The molecule has 2 N–H and O–H groups in total. The van der Waals surface area contributed by atoms with E-state index in [1.165, 1.54) is 0 Å². The number of hydrogen-bond acceptors (Lipinski definition) is 6. The van der Waals surface area contributed by atoms with E-state index in [-0.39, 0.29) is 17.6 Å². The molecule has 1 aliphatic carbocycles. The molecule has 2 heterocycles. The Labute approximate surface area is 204 Å². The number of carbonyl (C=O) groups is 1. The lowest BCUT2D eigenvalue weighted by Crippen LogP contribution is -2.43. The third-order valence-corrected chi connectivity index (χ3v) is 6.17. The zero-order valence-electron chi connectivity index (χ0n) is 19.9.